The number of hydrogen-bond acceptors (Lipinski definition) is 7. The van der Waals surface area contributed by atoms with E-state index in [1.165, 1.54) is 11.3 Å². The summed E-state index contributed by atoms with van der Waals surface area (Å²) in [5, 5.41) is 5.09. The highest BCUT2D eigenvalue weighted by Crippen LogP contribution is 2.29. The number of likely N-dealkylation sites (tertiary alicyclic amines) is 1. The molecule has 0 spiro atoms. The van der Waals surface area contributed by atoms with E-state index in [-0.39, 0.29) is 24.0 Å². The number of piperidine rings is 1. The van der Waals surface area contributed by atoms with Gasteiger partial charge in [-0.2, -0.15) is 0 Å². The minimum Gasteiger partial charge on any atom is -0.491 e. The number of benzene rings is 2. The van der Waals surface area contributed by atoms with E-state index in [0.717, 1.165) is 25.9 Å². The second-order valence-electron chi connectivity index (χ2n) is 9.23. The number of amides is 2. The summed E-state index contributed by atoms with van der Waals surface area (Å²) in [6.07, 6.45) is 3.52. The van der Waals surface area contributed by atoms with Crippen molar-refractivity contribution in [3.8, 4) is 17.2 Å². The van der Waals surface area contributed by atoms with Crippen molar-refractivity contribution >= 4 is 28.3 Å². The molecule has 8 nitrogen and oxygen atoms in total. The van der Waals surface area contributed by atoms with Crippen LogP contribution in [-0.4, -0.2) is 65.9 Å². The Kier molecular flexibility index (Phi) is 8.22. The normalized spacial score (nSPS) is 14.5. The van der Waals surface area contributed by atoms with E-state index in [1.54, 1.807) is 54.0 Å². The second kappa shape index (κ2) is 11.5. The highest BCUT2D eigenvalue weighted by molar-refractivity contribution is 7.13. The van der Waals surface area contributed by atoms with Crippen molar-refractivity contribution in [3.63, 3.8) is 0 Å². The molecule has 2 aromatic carbocycles. The quantitative estimate of drug-likeness (QED) is 0.454. The lowest BCUT2D eigenvalue weighted by molar-refractivity contribution is 0.0659. The summed E-state index contributed by atoms with van der Waals surface area (Å²) in [5.41, 5.74) is 1.01. The first-order valence-corrected chi connectivity index (χ1v) is 12.9. The third-order valence-corrected chi connectivity index (χ3v) is 6.75. The minimum absolute atomic E-state index is 0.00424. The molecule has 9 heteroatoms. The Balaban J connectivity index is 1.47. The van der Waals surface area contributed by atoms with Gasteiger partial charge in [0, 0.05) is 41.9 Å². The van der Waals surface area contributed by atoms with Gasteiger partial charge in [-0.1, -0.05) is 0 Å². The van der Waals surface area contributed by atoms with Gasteiger partial charge in [0.05, 0.1) is 6.10 Å². The Labute approximate surface area is 215 Å². The fraction of sp³-hybridized carbons (Fsp3) is 0.370. The Morgan fingerprint density at radius 1 is 1.06 bits per heavy atom. The van der Waals surface area contributed by atoms with Crippen molar-refractivity contribution in [2.75, 3.05) is 32.5 Å². The molecule has 0 aliphatic carbocycles. The van der Waals surface area contributed by atoms with Crippen LogP contribution in [0.2, 0.25) is 0 Å². The van der Waals surface area contributed by atoms with E-state index in [9.17, 15) is 9.59 Å². The molecule has 1 aromatic heterocycles. The number of hydrogen-bond donors (Lipinski definition) is 1. The van der Waals surface area contributed by atoms with E-state index in [1.807, 2.05) is 25.8 Å². The van der Waals surface area contributed by atoms with Gasteiger partial charge in [0.15, 0.2) is 5.13 Å². The lowest BCUT2D eigenvalue weighted by atomic mass is 10.0. The van der Waals surface area contributed by atoms with Gasteiger partial charge in [-0.05, 0) is 83.2 Å². The summed E-state index contributed by atoms with van der Waals surface area (Å²) in [6.45, 7) is 5.83. The fourth-order valence-electron chi connectivity index (χ4n) is 4.11. The molecular weight excluding hydrogens is 476 g/mol. The van der Waals surface area contributed by atoms with Gasteiger partial charge in [0.25, 0.3) is 11.8 Å². The zero-order valence-corrected chi connectivity index (χ0v) is 21.9. The third-order valence-electron chi connectivity index (χ3n) is 6.06. The molecule has 1 N–H and O–H groups in total. The van der Waals surface area contributed by atoms with Gasteiger partial charge in [-0.15, -0.1) is 11.3 Å². The van der Waals surface area contributed by atoms with Crippen molar-refractivity contribution in [2.24, 2.45) is 0 Å². The number of thiazole rings is 1. The van der Waals surface area contributed by atoms with Crippen LogP contribution in [0.15, 0.2) is 54.0 Å². The molecule has 0 bridgehead atoms. The number of nitrogens with one attached hydrogen (secondary N) is 1. The van der Waals surface area contributed by atoms with Crippen molar-refractivity contribution in [2.45, 2.75) is 38.8 Å². The molecule has 3 aromatic rings. The molecule has 0 radical (unpaired) electrons. The molecule has 2 amide bonds. The average molecular weight is 509 g/mol. The summed E-state index contributed by atoms with van der Waals surface area (Å²) < 4.78 is 11.9. The Morgan fingerprint density at radius 3 is 2.39 bits per heavy atom. The fourth-order valence-corrected chi connectivity index (χ4v) is 4.63. The van der Waals surface area contributed by atoms with Crippen LogP contribution in [0.4, 0.5) is 5.13 Å². The predicted octanol–water partition coefficient (Wildman–Crippen LogP) is 5.14. The van der Waals surface area contributed by atoms with Crippen LogP contribution in [0.1, 0.15) is 47.4 Å². The van der Waals surface area contributed by atoms with Crippen LogP contribution in [0.25, 0.3) is 0 Å². The summed E-state index contributed by atoms with van der Waals surface area (Å²) in [6, 6.07) is 12.4. The highest BCUT2D eigenvalue weighted by atomic mass is 32.1. The average Bonchev–Trinajstić information content (AvgIpc) is 3.36. The number of anilines is 1. The van der Waals surface area contributed by atoms with Gasteiger partial charge in [0.2, 0.25) is 0 Å². The SMILES string of the molecule is CC(C)Oc1cc(Oc2ccc(C(=O)N(C)C3CCN(C)CC3)cc2)cc(C(=O)Nc2nccs2)c1. The van der Waals surface area contributed by atoms with E-state index in [0.29, 0.717) is 33.5 Å². The zero-order valence-electron chi connectivity index (χ0n) is 21.1. The maximum atomic E-state index is 13.0. The molecule has 1 saturated heterocycles. The van der Waals surface area contributed by atoms with E-state index >= 15 is 0 Å². The van der Waals surface area contributed by atoms with Crippen LogP contribution in [0, 0.1) is 0 Å². The molecule has 1 aliphatic heterocycles. The molecule has 1 aliphatic rings. The molecule has 2 heterocycles. The second-order valence-corrected chi connectivity index (χ2v) is 10.1. The maximum absolute atomic E-state index is 13.0. The number of aromatic nitrogens is 1. The maximum Gasteiger partial charge on any atom is 0.257 e. The van der Waals surface area contributed by atoms with E-state index < -0.39 is 0 Å². The van der Waals surface area contributed by atoms with Crippen LogP contribution in [0.3, 0.4) is 0 Å². The van der Waals surface area contributed by atoms with Crippen molar-refractivity contribution in [3.05, 3.63) is 65.2 Å². The standard InChI is InChI=1S/C27H32N4O4S/c1-18(2)34-23-15-20(25(32)29-27-28-11-14-36-27)16-24(17-23)35-22-7-5-19(6-8-22)26(33)31(4)21-9-12-30(3)13-10-21/h5-8,11,14-18,21H,9-10,12-13H2,1-4H3,(H,28,29,32). The van der Waals surface area contributed by atoms with Crippen molar-refractivity contribution in [1.29, 1.82) is 0 Å². The van der Waals surface area contributed by atoms with E-state index in [4.69, 9.17) is 9.47 Å². The molecule has 0 atom stereocenters. The summed E-state index contributed by atoms with van der Waals surface area (Å²) in [7, 11) is 3.99. The highest BCUT2D eigenvalue weighted by Gasteiger charge is 2.24. The number of rotatable bonds is 8. The van der Waals surface area contributed by atoms with Crippen LogP contribution >= 0.6 is 11.3 Å². The number of ether oxygens (including phenoxy) is 2. The van der Waals surface area contributed by atoms with Crippen molar-refractivity contribution in [1.82, 2.24) is 14.8 Å². The molecule has 0 saturated carbocycles. The Morgan fingerprint density at radius 2 is 1.75 bits per heavy atom. The first-order valence-electron chi connectivity index (χ1n) is 12.0. The van der Waals surface area contributed by atoms with Gasteiger partial charge >= 0.3 is 0 Å². The van der Waals surface area contributed by atoms with Crippen molar-refractivity contribution < 1.29 is 19.1 Å². The monoisotopic (exact) mass is 508 g/mol. The smallest absolute Gasteiger partial charge is 0.257 e. The van der Waals surface area contributed by atoms with E-state index in [2.05, 4.69) is 22.2 Å². The molecule has 36 heavy (non-hydrogen) atoms. The van der Waals surface area contributed by atoms with Gasteiger partial charge in [-0.25, -0.2) is 4.98 Å². The molecule has 190 valence electrons. The van der Waals surface area contributed by atoms with Crippen LogP contribution in [-0.2, 0) is 0 Å². The van der Waals surface area contributed by atoms with Crippen LogP contribution < -0.4 is 14.8 Å². The zero-order chi connectivity index (χ0) is 25.7. The van der Waals surface area contributed by atoms with Crippen LogP contribution in [0.5, 0.6) is 17.2 Å². The summed E-state index contributed by atoms with van der Waals surface area (Å²) in [4.78, 5) is 34.0. The molecule has 1 fully saturated rings. The summed E-state index contributed by atoms with van der Waals surface area (Å²) in [5.74, 6) is 1.24. The Bertz CT molecular complexity index is 1170. The van der Waals surface area contributed by atoms with Gasteiger partial charge < -0.3 is 19.3 Å². The molecular formula is C27H32N4O4S. The first-order chi connectivity index (χ1) is 17.3. The Hall–Kier alpha value is -3.43. The topological polar surface area (TPSA) is 84.0 Å². The first kappa shape index (κ1) is 25.7. The predicted molar refractivity (Wildman–Crippen MR) is 141 cm³/mol. The molecule has 4 rings (SSSR count). The largest absolute Gasteiger partial charge is 0.491 e. The lowest BCUT2D eigenvalue weighted by Crippen LogP contribution is -2.44. The lowest BCUT2D eigenvalue weighted by Gasteiger charge is -2.35. The summed E-state index contributed by atoms with van der Waals surface area (Å²) >= 11 is 1.34. The van der Waals surface area contributed by atoms with Gasteiger partial charge in [0.1, 0.15) is 17.2 Å². The minimum atomic E-state index is -0.304. The number of carbonyl (C=O) groups excluding carboxylic acids is 2. The van der Waals surface area contributed by atoms with Gasteiger partial charge in [-0.3, -0.25) is 14.9 Å². The molecule has 0 unspecified atom stereocenters. The number of carbonyl (C=O) groups is 2. The third kappa shape index (κ3) is 6.61. The number of nitrogens with zero attached hydrogens (tertiary/aromatic N) is 3.